The third kappa shape index (κ3) is 2.90. The van der Waals surface area contributed by atoms with Gasteiger partial charge in [0.15, 0.2) is 0 Å². The second-order valence-corrected chi connectivity index (χ2v) is 5.28. The molecule has 1 aromatic heterocycles. The lowest BCUT2D eigenvalue weighted by molar-refractivity contribution is 0.0598. The van der Waals surface area contributed by atoms with Crippen LogP contribution >= 0.6 is 15.9 Å². The summed E-state index contributed by atoms with van der Waals surface area (Å²) < 4.78 is 0.566. The predicted molar refractivity (Wildman–Crippen MR) is 72.3 cm³/mol. The van der Waals surface area contributed by atoms with E-state index in [1.54, 1.807) is 23.2 Å². The second-order valence-electron chi connectivity index (χ2n) is 4.53. The molecule has 1 amide bonds. The van der Waals surface area contributed by atoms with Crippen LogP contribution in [0.1, 0.15) is 36.0 Å². The molecule has 1 saturated heterocycles. The van der Waals surface area contributed by atoms with Gasteiger partial charge in [-0.25, -0.2) is 4.98 Å². The number of nitrogens with zero attached hydrogens (tertiary/aromatic N) is 2. The van der Waals surface area contributed by atoms with Gasteiger partial charge < -0.3 is 10.0 Å². The number of carbonyl (C=O) groups excluding carboxylic acids is 1. The van der Waals surface area contributed by atoms with E-state index in [1.807, 2.05) is 0 Å². The molecule has 1 aliphatic rings. The van der Waals surface area contributed by atoms with E-state index in [0.29, 0.717) is 16.7 Å². The molecule has 0 bridgehead atoms. The number of amides is 1. The molecule has 0 aromatic carbocycles. The minimum atomic E-state index is -0.0629. The Kier molecular flexibility index (Phi) is 4.72. The van der Waals surface area contributed by atoms with E-state index in [2.05, 4.69) is 20.9 Å². The Morgan fingerprint density at radius 3 is 3.06 bits per heavy atom. The highest BCUT2D eigenvalue weighted by atomic mass is 79.9. The van der Waals surface area contributed by atoms with Crippen molar-refractivity contribution in [1.29, 1.82) is 0 Å². The first-order valence-corrected chi connectivity index (χ1v) is 7.05. The van der Waals surface area contributed by atoms with Crippen LogP contribution < -0.4 is 0 Å². The number of halogens is 1. The largest absolute Gasteiger partial charge is 0.394 e. The van der Waals surface area contributed by atoms with Crippen LogP contribution in [0.15, 0.2) is 22.9 Å². The van der Waals surface area contributed by atoms with Crippen LogP contribution in [0.25, 0.3) is 0 Å². The molecule has 18 heavy (non-hydrogen) atoms. The van der Waals surface area contributed by atoms with Crippen molar-refractivity contribution in [3.05, 3.63) is 28.5 Å². The predicted octanol–water partition coefficient (Wildman–Crippen LogP) is 2.22. The molecule has 98 valence electrons. The minimum absolute atomic E-state index is 0.0314. The molecule has 2 heterocycles. The van der Waals surface area contributed by atoms with Crippen molar-refractivity contribution in [2.75, 3.05) is 13.2 Å². The average molecular weight is 313 g/mol. The maximum atomic E-state index is 12.5. The van der Waals surface area contributed by atoms with Gasteiger partial charge in [-0.05, 0) is 40.9 Å². The van der Waals surface area contributed by atoms with Crippen molar-refractivity contribution < 1.29 is 9.90 Å². The summed E-state index contributed by atoms with van der Waals surface area (Å²) in [7, 11) is 0. The lowest BCUT2D eigenvalue weighted by atomic mass is 10.1. The van der Waals surface area contributed by atoms with Crippen LogP contribution in [0, 0.1) is 0 Å². The first kappa shape index (κ1) is 13.5. The molecule has 1 atom stereocenters. The van der Waals surface area contributed by atoms with E-state index in [9.17, 15) is 9.90 Å². The molecule has 5 heteroatoms. The number of aromatic nitrogens is 1. The maximum Gasteiger partial charge on any atom is 0.256 e. The highest BCUT2D eigenvalue weighted by Gasteiger charge is 2.26. The lowest BCUT2D eigenvalue weighted by Crippen LogP contribution is -2.42. The van der Waals surface area contributed by atoms with Crippen LogP contribution in [0.4, 0.5) is 0 Å². The minimum Gasteiger partial charge on any atom is -0.394 e. The number of aliphatic hydroxyl groups excluding tert-OH is 1. The van der Waals surface area contributed by atoms with Gasteiger partial charge in [0.2, 0.25) is 0 Å². The van der Waals surface area contributed by atoms with Gasteiger partial charge in [0.05, 0.1) is 18.2 Å². The Morgan fingerprint density at radius 1 is 1.50 bits per heavy atom. The van der Waals surface area contributed by atoms with E-state index >= 15 is 0 Å². The standard InChI is InChI=1S/C13H17BrN2O2/c14-12-11(6-4-7-15-12)13(18)16-8-3-1-2-5-10(16)9-17/h4,6-7,10,17H,1-3,5,8-9H2. The van der Waals surface area contributed by atoms with Crippen molar-refractivity contribution in [3.8, 4) is 0 Å². The fourth-order valence-electron chi connectivity index (χ4n) is 2.33. The molecule has 0 radical (unpaired) electrons. The van der Waals surface area contributed by atoms with Gasteiger partial charge in [-0.1, -0.05) is 12.8 Å². The summed E-state index contributed by atoms with van der Waals surface area (Å²) in [5, 5.41) is 9.43. The number of aliphatic hydroxyl groups is 1. The molecule has 4 nitrogen and oxygen atoms in total. The Bertz CT molecular complexity index is 425. The zero-order valence-electron chi connectivity index (χ0n) is 10.2. The number of hydrogen-bond donors (Lipinski definition) is 1. The lowest BCUT2D eigenvalue weighted by Gasteiger charge is -2.28. The third-order valence-corrected chi connectivity index (χ3v) is 3.97. The van der Waals surface area contributed by atoms with Crippen LogP contribution in [-0.2, 0) is 0 Å². The maximum absolute atomic E-state index is 12.5. The van der Waals surface area contributed by atoms with E-state index in [4.69, 9.17) is 0 Å². The Hall–Kier alpha value is -0.940. The van der Waals surface area contributed by atoms with Gasteiger partial charge in [0.1, 0.15) is 4.60 Å². The second kappa shape index (κ2) is 6.29. The SMILES string of the molecule is O=C(c1cccnc1Br)N1CCCCCC1CO. The summed E-state index contributed by atoms with van der Waals surface area (Å²) in [5.41, 5.74) is 0.567. The van der Waals surface area contributed by atoms with Gasteiger partial charge in [-0.15, -0.1) is 0 Å². The van der Waals surface area contributed by atoms with Gasteiger partial charge in [0.25, 0.3) is 5.91 Å². The van der Waals surface area contributed by atoms with Gasteiger partial charge in [0, 0.05) is 12.7 Å². The topological polar surface area (TPSA) is 53.4 Å². The van der Waals surface area contributed by atoms with Crippen LogP contribution in [0.2, 0.25) is 0 Å². The van der Waals surface area contributed by atoms with E-state index in [0.717, 1.165) is 25.7 Å². The molecule has 1 aromatic rings. The molecular weight excluding hydrogens is 296 g/mol. The summed E-state index contributed by atoms with van der Waals surface area (Å²) in [6.07, 6.45) is 5.71. The molecule has 2 rings (SSSR count). The molecule has 1 unspecified atom stereocenters. The molecule has 0 spiro atoms. The number of hydrogen-bond acceptors (Lipinski definition) is 3. The summed E-state index contributed by atoms with van der Waals surface area (Å²) in [4.78, 5) is 18.3. The molecule has 1 aliphatic heterocycles. The summed E-state index contributed by atoms with van der Waals surface area (Å²) in [5.74, 6) is -0.0454. The summed E-state index contributed by atoms with van der Waals surface area (Å²) in [6.45, 7) is 0.745. The fraction of sp³-hybridized carbons (Fsp3) is 0.538. The molecule has 0 saturated carbocycles. The molecule has 0 aliphatic carbocycles. The number of rotatable bonds is 2. The quantitative estimate of drug-likeness (QED) is 0.852. The third-order valence-electron chi connectivity index (χ3n) is 3.34. The average Bonchev–Trinajstić information content (AvgIpc) is 2.63. The van der Waals surface area contributed by atoms with E-state index < -0.39 is 0 Å². The summed E-state index contributed by atoms with van der Waals surface area (Å²) in [6, 6.07) is 3.45. The fourth-order valence-corrected chi connectivity index (χ4v) is 2.75. The van der Waals surface area contributed by atoms with Crippen LogP contribution in [-0.4, -0.2) is 40.1 Å². The molecular formula is C13H17BrN2O2. The Labute approximate surface area is 115 Å². The van der Waals surface area contributed by atoms with Crippen molar-refractivity contribution in [2.45, 2.75) is 31.7 Å². The number of pyridine rings is 1. The van der Waals surface area contributed by atoms with Crippen molar-refractivity contribution in [3.63, 3.8) is 0 Å². The van der Waals surface area contributed by atoms with Crippen molar-refractivity contribution in [1.82, 2.24) is 9.88 Å². The number of carbonyl (C=O) groups is 1. The van der Waals surface area contributed by atoms with E-state index in [1.165, 1.54) is 0 Å². The summed E-state index contributed by atoms with van der Waals surface area (Å²) >= 11 is 3.30. The zero-order chi connectivity index (χ0) is 13.0. The first-order valence-electron chi connectivity index (χ1n) is 6.26. The van der Waals surface area contributed by atoms with E-state index in [-0.39, 0.29) is 18.6 Å². The van der Waals surface area contributed by atoms with Gasteiger partial charge in [-0.2, -0.15) is 0 Å². The highest BCUT2D eigenvalue weighted by Crippen LogP contribution is 2.21. The van der Waals surface area contributed by atoms with Crippen molar-refractivity contribution in [2.24, 2.45) is 0 Å². The van der Waals surface area contributed by atoms with Gasteiger partial charge >= 0.3 is 0 Å². The normalized spacial score (nSPS) is 20.6. The van der Waals surface area contributed by atoms with Crippen molar-refractivity contribution >= 4 is 21.8 Å². The first-order chi connectivity index (χ1) is 8.74. The Morgan fingerprint density at radius 2 is 2.33 bits per heavy atom. The highest BCUT2D eigenvalue weighted by molar-refractivity contribution is 9.10. The van der Waals surface area contributed by atoms with Crippen LogP contribution in [0.5, 0.6) is 0 Å². The monoisotopic (exact) mass is 312 g/mol. The Balaban J connectivity index is 2.23. The van der Waals surface area contributed by atoms with Gasteiger partial charge in [-0.3, -0.25) is 4.79 Å². The molecule has 1 fully saturated rings. The zero-order valence-corrected chi connectivity index (χ0v) is 11.8. The number of likely N-dealkylation sites (tertiary alicyclic amines) is 1. The molecule has 1 N–H and O–H groups in total. The van der Waals surface area contributed by atoms with Crippen LogP contribution in [0.3, 0.4) is 0 Å². The smallest absolute Gasteiger partial charge is 0.256 e.